The van der Waals surface area contributed by atoms with Crippen LogP contribution in [0.15, 0.2) is 34.4 Å². The first-order valence-electron chi connectivity index (χ1n) is 4.81. The monoisotopic (exact) mass is 193 g/mol. The van der Waals surface area contributed by atoms with Crippen LogP contribution in [0, 0.1) is 0 Å². The number of hydrogen-bond acceptors (Lipinski definition) is 2. The lowest BCUT2D eigenvalue weighted by atomic mass is 10.1. The van der Waals surface area contributed by atoms with E-state index in [-0.39, 0.29) is 0 Å². The van der Waals surface area contributed by atoms with Gasteiger partial charge in [0.2, 0.25) is 0 Å². The average Bonchev–Trinajstić information content (AvgIpc) is 2.14. The van der Waals surface area contributed by atoms with Crippen LogP contribution in [-0.4, -0.2) is 12.3 Å². The van der Waals surface area contributed by atoms with E-state index >= 15 is 0 Å². The largest absolute Gasteiger partial charge is 0.383 e. The van der Waals surface area contributed by atoms with Gasteiger partial charge in [0.1, 0.15) is 0 Å². The minimum absolute atomic E-state index is 1.11. The maximum absolute atomic E-state index is 3.50. The molecule has 0 aromatic carbocycles. The standard InChI is InChI=1S/C11H15NS/c1-9-5-3-2-4-6-10-11(9)12-7-8-13-10/h2,4,6,12H,3,5,7-8H2,1H3/b4-2-,10-6+,11-9-. The molecule has 70 valence electrons. The van der Waals surface area contributed by atoms with Gasteiger partial charge in [0, 0.05) is 22.9 Å². The van der Waals surface area contributed by atoms with Gasteiger partial charge in [-0.3, -0.25) is 0 Å². The Labute approximate surface area is 84.0 Å². The van der Waals surface area contributed by atoms with Crippen molar-refractivity contribution in [1.29, 1.82) is 0 Å². The van der Waals surface area contributed by atoms with Crippen LogP contribution >= 0.6 is 11.8 Å². The van der Waals surface area contributed by atoms with Gasteiger partial charge in [-0.05, 0) is 31.4 Å². The van der Waals surface area contributed by atoms with Gasteiger partial charge in [0.25, 0.3) is 0 Å². The summed E-state index contributed by atoms with van der Waals surface area (Å²) in [6.45, 7) is 3.35. The zero-order valence-corrected chi connectivity index (χ0v) is 8.79. The van der Waals surface area contributed by atoms with Crippen LogP contribution in [0.1, 0.15) is 19.8 Å². The minimum Gasteiger partial charge on any atom is -0.383 e. The van der Waals surface area contributed by atoms with Crippen molar-refractivity contribution in [1.82, 2.24) is 5.32 Å². The van der Waals surface area contributed by atoms with Gasteiger partial charge < -0.3 is 5.32 Å². The molecule has 0 radical (unpaired) electrons. The Kier molecular flexibility index (Phi) is 2.79. The molecule has 0 aromatic heterocycles. The van der Waals surface area contributed by atoms with Crippen molar-refractivity contribution < 1.29 is 0 Å². The molecule has 1 nitrogen and oxygen atoms in total. The Morgan fingerprint density at radius 2 is 2.38 bits per heavy atom. The molecule has 0 spiro atoms. The Hall–Kier alpha value is -0.630. The Bertz CT molecular complexity index is 286. The highest BCUT2D eigenvalue weighted by Gasteiger charge is 2.13. The second-order valence-electron chi connectivity index (χ2n) is 3.43. The lowest BCUT2D eigenvalue weighted by Crippen LogP contribution is -2.23. The van der Waals surface area contributed by atoms with E-state index in [1.165, 1.54) is 34.8 Å². The summed E-state index contributed by atoms with van der Waals surface area (Å²) in [4.78, 5) is 1.42. The fraction of sp³-hybridized carbons (Fsp3) is 0.455. The van der Waals surface area contributed by atoms with Crippen molar-refractivity contribution >= 4 is 11.8 Å². The summed E-state index contributed by atoms with van der Waals surface area (Å²) in [7, 11) is 0. The quantitative estimate of drug-likeness (QED) is 0.635. The predicted octanol–water partition coefficient (Wildman–Crippen LogP) is 2.83. The first-order valence-corrected chi connectivity index (χ1v) is 5.80. The van der Waals surface area contributed by atoms with E-state index in [0.29, 0.717) is 0 Å². The van der Waals surface area contributed by atoms with E-state index in [1.807, 2.05) is 11.8 Å². The second-order valence-corrected chi connectivity index (χ2v) is 4.57. The highest BCUT2D eigenvalue weighted by Crippen LogP contribution is 2.30. The molecular formula is C11H15NS. The summed E-state index contributed by atoms with van der Waals surface area (Å²) in [5, 5.41) is 3.50. The summed E-state index contributed by atoms with van der Waals surface area (Å²) in [6, 6.07) is 0. The molecule has 0 aromatic rings. The molecule has 13 heavy (non-hydrogen) atoms. The molecule has 0 amide bonds. The number of allylic oxidation sites excluding steroid dienone is 4. The summed E-state index contributed by atoms with van der Waals surface area (Å²) in [6.07, 6.45) is 9.03. The minimum atomic E-state index is 1.11. The molecule has 1 N–H and O–H groups in total. The SMILES string of the molecule is C/C1=C2/NCCS/C2=C/C=C\CC1. The van der Waals surface area contributed by atoms with Crippen LogP contribution in [0.4, 0.5) is 0 Å². The van der Waals surface area contributed by atoms with Crippen LogP contribution < -0.4 is 5.32 Å². The third-order valence-electron chi connectivity index (χ3n) is 2.40. The molecule has 2 aliphatic rings. The van der Waals surface area contributed by atoms with E-state index < -0.39 is 0 Å². The maximum Gasteiger partial charge on any atom is 0.0467 e. The van der Waals surface area contributed by atoms with Crippen molar-refractivity contribution in [2.45, 2.75) is 19.8 Å². The zero-order chi connectivity index (χ0) is 9.10. The fourth-order valence-corrected chi connectivity index (χ4v) is 2.66. The topological polar surface area (TPSA) is 12.0 Å². The van der Waals surface area contributed by atoms with Crippen LogP contribution in [0.25, 0.3) is 0 Å². The molecule has 0 unspecified atom stereocenters. The molecule has 1 aliphatic heterocycles. The Morgan fingerprint density at radius 3 is 3.31 bits per heavy atom. The number of fused-ring (bicyclic) bond motifs is 1. The van der Waals surface area contributed by atoms with Crippen molar-refractivity contribution in [3.05, 3.63) is 34.4 Å². The first kappa shape index (κ1) is 8.95. The van der Waals surface area contributed by atoms with Gasteiger partial charge in [0.05, 0.1) is 0 Å². The summed E-state index contributed by atoms with van der Waals surface area (Å²) in [5.41, 5.74) is 2.89. The van der Waals surface area contributed by atoms with E-state index in [2.05, 4.69) is 30.5 Å². The lowest BCUT2D eigenvalue weighted by molar-refractivity contribution is 0.827. The normalized spacial score (nSPS) is 34.7. The molecule has 2 rings (SSSR count). The van der Waals surface area contributed by atoms with Crippen LogP contribution in [-0.2, 0) is 0 Å². The van der Waals surface area contributed by atoms with E-state index in [0.717, 1.165) is 6.54 Å². The summed E-state index contributed by atoms with van der Waals surface area (Å²) < 4.78 is 0. The molecule has 1 aliphatic carbocycles. The molecule has 1 heterocycles. The number of rotatable bonds is 0. The number of thioether (sulfide) groups is 1. The van der Waals surface area contributed by atoms with Crippen LogP contribution in [0.5, 0.6) is 0 Å². The average molecular weight is 193 g/mol. The second kappa shape index (κ2) is 4.05. The molecule has 0 bridgehead atoms. The summed E-state index contributed by atoms with van der Waals surface area (Å²) >= 11 is 1.96. The third kappa shape index (κ3) is 1.99. The van der Waals surface area contributed by atoms with E-state index in [9.17, 15) is 0 Å². The first-order chi connectivity index (χ1) is 6.38. The van der Waals surface area contributed by atoms with Gasteiger partial charge in [-0.1, -0.05) is 12.2 Å². The molecule has 2 heteroatoms. The van der Waals surface area contributed by atoms with Gasteiger partial charge in [-0.25, -0.2) is 0 Å². The molecule has 0 atom stereocenters. The maximum atomic E-state index is 3.50. The highest BCUT2D eigenvalue weighted by atomic mass is 32.2. The number of nitrogens with one attached hydrogen (secondary N) is 1. The van der Waals surface area contributed by atoms with Crippen molar-refractivity contribution in [3.8, 4) is 0 Å². The van der Waals surface area contributed by atoms with E-state index in [4.69, 9.17) is 0 Å². The van der Waals surface area contributed by atoms with Crippen molar-refractivity contribution in [3.63, 3.8) is 0 Å². The fourth-order valence-electron chi connectivity index (χ4n) is 1.67. The molecule has 1 saturated heterocycles. The van der Waals surface area contributed by atoms with E-state index in [1.54, 1.807) is 0 Å². The van der Waals surface area contributed by atoms with Gasteiger partial charge in [-0.15, -0.1) is 11.8 Å². The van der Waals surface area contributed by atoms with Crippen LogP contribution in [0.2, 0.25) is 0 Å². The third-order valence-corrected chi connectivity index (χ3v) is 3.46. The Morgan fingerprint density at radius 1 is 1.46 bits per heavy atom. The summed E-state index contributed by atoms with van der Waals surface area (Å²) in [5.74, 6) is 1.19. The van der Waals surface area contributed by atoms with Gasteiger partial charge in [-0.2, -0.15) is 0 Å². The van der Waals surface area contributed by atoms with Gasteiger partial charge in [0.15, 0.2) is 0 Å². The van der Waals surface area contributed by atoms with Crippen molar-refractivity contribution in [2.75, 3.05) is 12.3 Å². The number of hydrogen-bond donors (Lipinski definition) is 1. The smallest absolute Gasteiger partial charge is 0.0467 e. The lowest BCUT2D eigenvalue weighted by Gasteiger charge is -2.23. The van der Waals surface area contributed by atoms with Gasteiger partial charge >= 0.3 is 0 Å². The predicted molar refractivity (Wildman–Crippen MR) is 59.6 cm³/mol. The molecule has 0 saturated carbocycles. The zero-order valence-electron chi connectivity index (χ0n) is 7.97. The Balaban J connectivity index is 2.33. The highest BCUT2D eigenvalue weighted by molar-refractivity contribution is 8.03. The molecular weight excluding hydrogens is 178 g/mol. The van der Waals surface area contributed by atoms with Crippen LogP contribution in [0.3, 0.4) is 0 Å². The van der Waals surface area contributed by atoms with Crippen molar-refractivity contribution in [2.24, 2.45) is 0 Å². The molecule has 1 fully saturated rings.